The van der Waals surface area contributed by atoms with Crippen LogP contribution < -0.4 is 11.1 Å². The van der Waals surface area contributed by atoms with Crippen LogP contribution in [0.3, 0.4) is 0 Å². The van der Waals surface area contributed by atoms with Crippen molar-refractivity contribution in [1.29, 1.82) is 0 Å². The zero-order valence-corrected chi connectivity index (χ0v) is 11.0. The summed E-state index contributed by atoms with van der Waals surface area (Å²) in [4.78, 5) is 12.2. The highest BCUT2D eigenvalue weighted by atomic mass is 32.1. The summed E-state index contributed by atoms with van der Waals surface area (Å²) in [5.41, 5.74) is 5.78. The Morgan fingerprint density at radius 2 is 1.94 bits per heavy atom. The van der Waals surface area contributed by atoms with Crippen molar-refractivity contribution in [3.63, 3.8) is 0 Å². The highest BCUT2D eigenvalue weighted by Gasteiger charge is 2.30. The molecule has 0 bridgehead atoms. The number of amides is 1. The predicted octanol–water partition coefficient (Wildman–Crippen LogP) is 2.04. The molecule has 94 valence electrons. The van der Waals surface area contributed by atoms with Gasteiger partial charge in [-0.15, -0.1) is 10.2 Å². The van der Waals surface area contributed by atoms with E-state index in [-0.39, 0.29) is 5.91 Å². The summed E-state index contributed by atoms with van der Waals surface area (Å²) in [7, 11) is 0. The van der Waals surface area contributed by atoms with E-state index in [9.17, 15) is 4.79 Å². The summed E-state index contributed by atoms with van der Waals surface area (Å²) in [6.45, 7) is 3.73. The molecule has 1 heterocycles. The predicted molar refractivity (Wildman–Crippen MR) is 72.4 cm³/mol. The van der Waals surface area contributed by atoms with Crippen molar-refractivity contribution >= 4 is 27.5 Å². The van der Waals surface area contributed by atoms with E-state index in [0.29, 0.717) is 10.3 Å². The third-order valence-corrected chi connectivity index (χ3v) is 3.39. The van der Waals surface area contributed by atoms with Gasteiger partial charge in [0.05, 0.1) is 5.41 Å². The number of nitrogens with two attached hydrogens (primary N) is 1. The summed E-state index contributed by atoms with van der Waals surface area (Å²) in [5.74, 6) is -0.134. The lowest BCUT2D eigenvalue weighted by Gasteiger charge is -2.23. The second-order valence-electron chi connectivity index (χ2n) is 4.39. The first-order valence-corrected chi connectivity index (χ1v) is 6.28. The second kappa shape index (κ2) is 4.73. The molecule has 18 heavy (non-hydrogen) atoms. The molecular weight excluding hydrogens is 248 g/mol. The third-order valence-electron chi connectivity index (χ3n) is 2.72. The van der Waals surface area contributed by atoms with Crippen LogP contribution in [0.2, 0.25) is 0 Å². The number of nitrogen functional groups attached to an aromatic ring is 1. The molecule has 2 rings (SSSR count). The fourth-order valence-electron chi connectivity index (χ4n) is 1.52. The number of rotatable bonds is 3. The molecule has 0 spiro atoms. The van der Waals surface area contributed by atoms with Crippen molar-refractivity contribution in [2.45, 2.75) is 19.3 Å². The van der Waals surface area contributed by atoms with Crippen LogP contribution >= 0.6 is 11.3 Å². The lowest BCUT2D eigenvalue weighted by molar-refractivity contribution is -0.120. The first-order valence-electron chi connectivity index (χ1n) is 5.46. The van der Waals surface area contributed by atoms with Gasteiger partial charge in [0, 0.05) is 0 Å². The Kier molecular flexibility index (Phi) is 3.29. The fourth-order valence-corrected chi connectivity index (χ4v) is 2.03. The molecule has 0 atom stereocenters. The van der Waals surface area contributed by atoms with Gasteiger partial charge in [0.25, 0.3) is 0 Å². The Morgan fingerprint density at radius 3 is 2.50 bits per heavy atom. The number of carbonyl (C=O) groups is 1. The van der Waals surface area contributed by atoms with Crippen LogP contribution in [0.15, 0.2) is 30.3 Å². The number of hydrogen-bond donors (Lipinski definition) is 2. The summed E-state index contributed by atoms with van der Waals surface area (Å²) in [5, 5.41) is 10.9. The topological polar surface area (TPSA) is 80.9 Å². The van der Waals surface area contributed by atoms with Gasteiger partial charge in [-0.2, -0.15) is 0 Å². The van der Waals surface area contributed by atoms with Gasteiger partial charge in [0.15, 0.2) is 0 Å². The van der Waals surface area contributed by atoms with Gasteiger partial charge in [-0.05, 0) is 19.4 Å². The second-order valence-corrected chi connectivity index (χ2v) is 5.40. The van der Waals surface area contributed by atoms with Crippen LogP contribution in [0, 0.1) is 0 Å². The Balaban J connectivity index is 2.18. The van der Waals surface area contributed by atoms with E-state index < -0.39 is 5.41 Å². The van der Waals surface area contributed by atoms with Gasteiger partial charge < -0.3 is 5.73 Å². The number of carbonyl (C=O) groups excluding carboxylic acids is 1. The number of hydrogen-bond acceptors (Lipinski definition) is 5. The summed E-state index contributed by atoms with van der Waals surface area (Å²) >= 11 is 1.15. The van der Waals surface area contributed by atoms with Crippen molar-refractivity contribution < 1.29 is 4.79 Å². The van der Waals surface area contributed by atoms with Crippen molar-refractivity contribution in [1.82, 2.24) is 10.2 Å². The molecule has 1 aromatic carbocycles. The van der Waals surface area contributed by atoms with E-state index in [4.69, 9.17) is 5.73 Å². The molecule has 0 saturated heterocycles. The van der Waals surface area contributed by atoms with Gasteiger partial charge in [-0.3, -0.25) is 10.1 Å². The van der Waals surface area contributed by atoms with Crippen LogP contribution in [0.25, 0.3) is 0 Å². The zero-order chi connectivity index (χ0) is 13.2. The number of nitrogens with one attached hydrogen (secondary N) is 1. The quantitative estimate of drug-likeness (QED) is 0.887. The number of benzene rings is 1. The molecule has 1 aromatic heterocycles. The Labute approximate surface area is 109 Å². The van der Waals surface area contributed by atoms with Gasteiger partial charge in [0.2, 0.25) is 16.2 Å². The largest absolute Gasteiger partial charge is 0.374 e. The van der Waals surface area contributed by atoms with Gasteiger partial charge in [-0.25, -0.2) is 0 Å². The first kappa shape index (κ1) is 12.5. The molecule has 0 aliphatic carbocycles. The molecular formula is C12H14N4OS. The molecule has 1 amide bonds. The van der Waals surface area contributed by atoms with Crippen molar-refractivity contribution in [2.75, 3.05) is 11.1 Å². The zero-order valence-electron chi connectivity index (χ0n) is 10.2. The molecule has 5 nitrogen and oxygen atoms in total. The number of nitrogens with zero attached hydrogens (tertiary/aromatic N) is 2. The van der Waals surface area contributed by atoms with Crippen molar-refractivity contribution in [2.24, 2.45) is 0 Å². The maximum Gasteiger partial charge on any atom is 0.236 e. The Morgan fingerprint density at radius 1 is 1.28 bits per heavy atom. The fraction of sp³-hybridized carbons (Fsp3) is 0.250. The van der Waals surface area contributed by atoms with Crippen LogP contribution in [-0.4, -0.2) is 16.1 Å². The highest BCUT2D eigenvalue weighted by Crippen LogP contribution is 2.26. The van der Waals surface area contributed by atoms with Crippen molar-refractivity contribution in [3.05, 3.63) is 35.9 Å². The molecule has 0 aliphatic heterocycles. The van der Waals surface area contributed by atoms with Crippen LogP contribution in [0.1, 0.15) is 19.4 Å². The molecule has 0 saturated carbocycles. The molecule has 0 radical (unpaired) electrons. The normalized spacial score (nSPS) is 11.2. The monoisotopic (exact) mass is 262 g/mol. The van der Waals surface area contributed by atoms with Gasteiger partial charge in [0.1, 0.15) is 0 Å². The first-order chi connectivity index (χ1) is 8.50. The van der Waals surface area contributed by atoms with Crippen LogP contribution in [0.5, 0.6) is 0 Å². The van der Waals surface area contributed by atoms with E-state index in [1.807, 2.05) is 44.2 Å². The minimum Gasteiger partial charge on any atom is -0.374 e. The van der Waals surface area contributed by atoms with E-state index in [2.05, 4.69) is 15.5 Å². The maximum absolute atomic E-state index is 12.2. The SMILES string of the molecule is CC(C)(C(=O)Nc1nnc(N)s1)c1ccccc1. The average Bonchev–Trinajstić information content (AvgIpc) is 2.76. The highest BCUT2D eigenvalue weighted by molar-refractivity contribution is 7.18. The Hall–Kier alpha value is -1.95. The standard InChI is InChI=1S/C12H14N4OS/c1-12(2,8-6-4-3-5-7-8)9(17)14-11-16-15-10(13)18-11/h3-7H,1-2H3,(H2,13,15)(H,14,16,17). The third kappa shape index (κ3) is 2.48. The lowest BCUT2D eigenvalue weighted by atomic mass is 9.84. The molecule has 6 heteroatoms. The molecule has 0 fully saturated rings. The van der Waals surface area contributed by atoms with Crippen LogP contribution in [0.4, 0.5) is 10.3 Å². The lowest BCUT2D eigenvalue weighted by Crippen LogP contribution is -2.34. The number of anilines is 2. The van der Waals surface area contributed by atoms with E-state index in [1.54, 1.807) is 0 Å². The summed E-state index contributed by atoms with van der Waals surface area (Å²) in [6, 6.07) is 9.59. The Bertz CT molecular complexity index is 550. The molecule has 0 unspecified atom stereocenters. The molecule has 0 aliphatic rings. The average molecular weight is 262 g/mol. The van der Waals surface area contributed by atoms with Crippen LogP contribution in [-0.2, 0) is 10.2 Å². The van der Waals surface area contributed by atoms with E-state index >= 15 is 0 Å². The van der Waals surface area contributed by atoms with Crippen molar-refractivity contribution in [3.8, 4) is 0 Å². The smallest absolute Gasteiger partial charge is 0.236 e. The molecule has 3 N–H and O–H groups in total. The maximum atomic E-state index is 12.2. The number of aromatic nitrogens is 2. The minimum absolute atomic E-state index is 0.134. The van der Waals surface area contributed by atoms with Gasteiger partial charge in [-0.1, -0.05) is 41.7 Å². The summed E-state index contributed by atoms with van der Waals surface area (Å²) < 4.78 is 0. The minimum atomic E-state index is -0.637. The van der Waals surface area contributed by atoms with Gasteiger partial charge >= 0.3 is 0 Å². The summed E-state index contributed by atoms with van der Waals surface area (Å²) in [6.07, 6.45) is 0. The van der Waals surface area contributed by atoms with E-state index in [1.165, 1.54) is 0 Å². The van der Waals surface area contributed by atoms with E-state index in [0.717, 1.165) is 16.9 Å². The molecule has 2 aromatic rings.